The van der Waals surface area contributed by atoms with Gasteiger partial charge in [-0.1, -0.05) is 59.5 Å². The molecule has 4 aliphatic carbocycles. The smallest absolute Gasteiger partial charge is 0.184 e. The first-order valence-corrected chi connectivity index (χ1v) is 17.7. The van der Waals surface area contributed by atoms with Crippen LogP contribution in [0.5, 0.6) is 0 Å². The van der Waals surface area contributed by atoms with Crippen LogP contribution < -0.4 is 0 Å². The van der Waals surface area contributed by atoms with Crippen molar-refractivity contribution in [3.63, 3.8) is 0 Å². The molecule has 0 spiro atoms. The summed E-state index contributed by atoms with van der Waals surface area (Å²) < 4.78 is 6.50. The molecular weight excluding hydrogens is 420 g/mol. The molecule has 3 saturated carbocycles. The van der Waals surface area contributed by atoms with Crippen molar-refractivity contribution in [1.82, 2.24) is 0 Å². The van der Waals surface area contributed by atoms with Gasteiger partial charge in [-0.2, -0.15) is 0 Å². The number of carbonyl (C=O) groups is 1. The summed E-state index contributed by atoms with van der Waals surface area (Å²) in [6.45, 7) is 19.2. The molecule has 0 saturated heterocycles. The minimum atomic E-state index is -1.55. The van der Waals surface area contributed by atoms with E-state index >= 15 is 0 Å². The molecule has 8 atom stereocenters. The summed E-state index contributed by atoms with van der Waals surface area (Å²) in [6.07, 6.45) is 15.1. The Morgan fingerprint density at radius 2 is 1.73 bits per heavy atom. The molecule has 0 radical (unpaired) electrons. The van der Waals surface area contributed by atoms with E-state index in [4.69, 9.17) is 4.43 Å². The lowest BCUT2D eigenvalue weighted by Crippen LogP contribution is -2.54. The van der Waals surface area contributed by atoms with Crippen LogP contribution in [-0.2, 0) is 9.22 Å². The first kappa shape index (κ1) is 25.7. The molecule has 0 aromatic carbocycles. The maximum Gasteiger partial charge on any atom is 0.184 e. The average Bonchev–Trinajstić information content (AvgIpc) is 3.05. The SMILES string of the molecule is CC(C)CCC[C@@H](C)[C@H]1CC[C@H]2[C@@H]3C(=O)C=C4C[C@@H](O[Si](C)(C)C)CC[C@]4(C)[C@H]3CC[C@]12C. The molecule has 0 heterocycles. The Morgan fingerprint density at radius 1 is 1.00 bits per heavy atom. The van der Waals surface area contributed by atoms with Crippen LogP contribution in [-0.4, -0.2) is 20.2 Å². The van der Waals surface area contributed by atoms with Gasteiger partial charge < -0.3 is 4.43 Å². The third-order valence-electron chi connectivity index (χ3n) is 10.6. The predicted octanol–water partition coefficient (Wildman–Crippen LogP) is 8.43. The predicted molar refractivity (Wildman–Crippen MR) is 142 cm³/mol. The van der Waals surface area contributed by atoms with Crippen molar-refractivity contribution < 1.29 is 9.22 Å². The van der Waals surface area contributed by atoms with Crippen molar-refractivity contribution in [2.24, 2.45) is 46.3 Å². The molecule has 3 heteroatoms. The second kappa shape index (κ2) is 9.23. The van der Waals surface area contributed by atoms with E-state index in [1.54, 1.807) is 0 Å². The van der Waals surface area contributed by atoms with Gasteiger partial charge in [0.15, 0.2) is 14.1 Å². The number of allylic oxidation sites excluding steroid dienone is 1. The van der Waals surface area contributed by atoms with Gasteiger partial charge in [-0.05, 0) is 111 Å². The molecule has 0 bridgehead atoms. The molecule has 33 heavy (non-hydrogen) atoms. The number of hydrogen-bond donors (Lipinski definition) is 0. The highest BCUT2D eigenvalue weighted by molar-refractivity contribution is 6.69. The summed E-state index contributed by atoms with van der Waals surface area (Å²) in [6, 6.07) is 0. The number of carbonyl (C=O) groups excluding carboxylic acids is 1. The largest absolute Gasteiger partial charge is 0.414 e. The van der Waals surface area contributed by atoms with Gasteiger partial charge in [-0.15, -0.1) is 0 Å². The van der Waals surface area contributed by atoms with E-state index in [1.165, 1.54) is 63.4 Å². The Labute approximate surface area is 205 Å². The highest BCUT2D eigenvalue weighted by Crippen LogP contribution is 2.66. The van der Waals surface area contributed by atoms with Gasteiger partial charge in [0.05, 0.1) is 0 Å². The van der Waals surface area contributed by atoms with E-state index in [9.17, 15) is 4.79 Å². The van der Waals surface area contributed by atoms with Crippen LogP contribution >= 0.6 is 0 Å². The van der Waals surface area contributed by atoms with Gasteiger partial charge in [-0.25, -0.2) is 0 Å². The van der Waals surface area contributed by atoms with Gasteiger partial charge in [0.1, 0.15) is 0 Å². The average molecular weight is 473 g/mol. The van der Waals surface area contributed by atoms with Gasteiger partial charge in [0.2, 0.25) is 0 Å². The Hall–Kier alpha value is -0.413. The molecule has 0 aromatic rings. The van der Waals surface area contributed by atoms with Crippen LogP contribution in [0.25, 0.3) is 0 Å². The van der Waals surface area contributed by atoms with Crippen LogP contribution in [0.4, 0.5) is 0 Å². The maximum atomic E-state index is 13.7. The summed E-state index contributed by atoms with van der Waals surface area (Å²) in [5.41, 5.74) is 2.03. The lowest BCUT2D eigenvalue weighted by atomic mass is 9.46. The van der Waals surface area contributed by atoms with Gasteiger partial charge in [-0.3, -0.25) is 4.79 Å². The molecule has 3 fully saturated rings. The summed E-state index contributed by atoms with van der Waals surface area (Å²) in [4.78, 5) is 13.7. The molecule has 4 rings (SSSR count). The number of hydrogen-bond acceptors (Lipinski definition) is 2. The zero-order chi connectivity index (χ0) is 24.2. The van der Waals surface area contributed by atoms with E-state index in [2.05, 4.69) is 60.3 Å². The third-order valence-corrected chi connectivity index (χ3v) is 11.7. The molecular formula is C30H52O2Si. The second-order valence-electron chi connectivity index (χ2n) is 14.4. The first-order valence-electron chi connectivity index (χ1n) is 14.3. The van der Waals surface area contributed by atoms with Crippen molar-refractivity contribution in [1.29, 1.82) is 0 Å². The Bertz CT molecular complexity index is 764. The zero-order valence-electron chi connectivity index (χ0n) is 23.0. The number of fused-ring (bicyclic) bond motifs is 5. The van der Waals surface area contributed by atoms with E-state index in [1.807, 2.05) is 0 Å². The molecule has 4 aliphatic rings. The van der Waals surface area contributed by atoms with Crippen molar-refractivity contribution in [3.05, 3.63) is 11.6 Å². The van der Waals surface area contributed by atoms with Crippen molar-refractivity contribution in [2.75, 3.05) is 0 Å². The third kappa shape index (κ3) is 4.84. The lowest BCUT2D eigenvalue weighted by Gasteiger charge is -2.58. The highest BCUT2D eigenvalue weighted by Gasteiger charge is 2.61. The van der Waals surface area contributed by atoms with Crippen LogP contribution in [0, 0.1) is 46.3 Å². The minimum Gasteiger partial charge on any atom is -0.414 e. The van der Waals surface area contributed by atoms with Crippen LogP contribution in [0.1, 0.15) is 98.8 Å². The Kier molecular flexibility index (Phi) is 7.18. The summed E-state index contributed by atoms with van der Waals surface area (Å²) in [7, 11) is -1.55. The Morgan fingerprint density at radius 3 is 2.39 bits per heavy atom. The number of ketones is 1. The molecule has 0 unspecified atom stereocenters. The van der Waals surface area contributed by atoms with Crippen LogP contribution in [0.3, 0.4) is 0 Å². The quantitative estimate of drug-likeness (QED) is 0.347. The van der Waals surface area contributed by atoms with Gasteiger partial charge in [0, 0.05) is 12.0 Å². The highest BCUT2D eigenvalue weighted by atomic mass is 28.4. The van der Waals surface area contributed by atoms with Crippen molar-refractivity contribution in [3.8, 4) is 0 Å². The maximum absolute atomic E-state index is 13.7. The monoisotopic (exact) mass is 472 g/mol. The van der Waals surface area contributed by atoms with Crippen molar-refractivity contribution in [2.45, 2.75) is 125 Å². The zero-order valence-corrected chi connectivity index (χ0v) is 24.0. The second-order valence-corrected chi connectivity index (χ2v) is 18.8. The fourth-order valence-electron chi connectivity index (χ4n) is 8.99. The lowest BCUT2D eigenvalue weighted by molar-refractivity contribution is -0.135. The topological polar surface area (TPSA) is 26.3 Å². The van der Waals surface area contributed by atoms with E-state index in [0.29, 0.717) is 29.1 Å². The standard InChI is InChI=1S/C30H52O2Si/c1-20(2)10-9-11-21(3)24-12-13-25-28-26(15-17-30(24,25)5)29(4)16-14-23(32-33(6,7)8)18-22(29)19-27(28)31/h19-21,23-26,28H,9-18H2,1-8H3/t21-,23+,24-,25+,26+,28+,29+,30-/m1/s1. The van der Waals surface area contributed by atoms with Crippen LogP contribution in [0.2, 0.25) is 19.6 Å². The summed E-state index contributed by atoms with van der Waals surface area (Å²) in [5, 5.41) is 0. The first-order chi connectivity index (χ1) is 15.3. The number of rotatable bonds is 7. The fourth-order valence-corrected chi connectivity index (χ4v) is 10.2. The molecule has 0 aromatic heterocycles. The minimum absolute atomic E-state index is 0.222. The van der Waals surface area contributed by atoms with Crippen LogP contribution in [0.15, 0.2) is 11.6 Å². The molecule has 0 amide bonds. The van der Waals surface area contributed by atoms with Gasteiger partial charge >= 0.3 is 0 Å². The van der Waals surface area contributed by atoms with Gasteiger partial charge in [0.25, 0.3) is 0 Å². The molecule has 0 N–H and O–H groups in total. The van der Waals surface area contributed by atoms with Crippen molar-refractivity contribution >= 4 is 14.1 Å². The summed E-state index contributed by atoms with van der Waals surface area (Å²) in [5.74, 6) is 4.34. The molecule has 0 aliphatic heterocycles. The van der Waals surface area contributed by atoms with E-state index < -0.39 is 8.32 Å². The Balaban J connectivity index is 1.51. The molecule has 188 valence electrons. The van der Waals surface area contributed by atoms with E-state index in [-0.39, 0.29) is 11.3 Å². The summed E-state index contributed by atoms with van der Waals surface area (Å²) >= 11 is 0. The molecule has 2 nitrogen and oxygen atoms in total. The van der Waals surface area contributed by atoms with E-state index in [0.717, 1.165) is 24.2 Å². The fraction of sp³-hybridized carbons (Fsp3) is 0.900. The normalized spacial score (nSPS) is 41.9.